The molecule has 1 amide bonds. The van der Waals surface area contributed by atoms with E-state index >= 15 is 0 Å². The van der Waals surface area contributed by atoms with Gasteiger partial charge >= 0.3 is 0 Å². The lowest BCUT2D eigenvalue weighted by molar-refractivity contribution is -0.131. The van der Waals surface area contributed by atoms with Gasteiger partial charge in [0.15, 0.2) is 26.2 Å². The first kappa shape index (κ1) is 22.5. The third kappa shape index (κ3) is 4.06. The number of nitrogens with zero attached hydrogens (tertiary/aromatic N) is 2. The van der Waals surface area contributed by atoms with E-state index in [1.807, 2.05) is 0 Å². The van der Waals surface area contributed by atoms with Crippen molar-refractivity contribution in [2.24, 2.45) is 0 Å². The first-order chi connectivity index (χ1) is 14.5. The maximum atomic E-state index is 14.1. The molecule has 2 aromatic carbocycles. The summed E-state index contributed by atoms with van der Waals surface area (Å²) in [6.45, 7) is 0.978. The Hall–Kier alpha value is -3.18. The molecule has 1 heterocycles. The average molecular weight is 451 g/mol. The Labute approximate surface area is 176 Å². The topological polar surface area (TPSA) is 118 Å². The molecule has 1 atom stereocenters. The van der Waals surface area contributed by atoms with E-state index in [-0.39, 0.29) is 29.4 Å². The first-order valence-electron chi connectivity index (χ1n) is 9.07. The van der Waals surface area contributed by atoms with Gasteiger partial charge in [-0.1, -0.05) is 18.2 Å². The number of hydrogen-bond donors (Lipinski definition) is 2. The van der Waals surface area contributed by atoms with E-state index in [4.69, 9.17) is 5.21 Å². The maximum absolute atomic E-state index is 14.1. The maximum Gasteiger partial charge on any atom is 0.264 e. The van der Waals surface area contributed by atoms with Gasteiger partial charge in [-0.3, -0.25) is 19.4 Å². The molecule has 2 N–H and O–H groups in total. The summed E-state index contributed by atoms with van der Waals surface area (Å²) < 4.78 is 50.9. The Kier molecular flexibility index (Phi) is 5.92. The van der Waals surface area contributed by atoms with Crippen molar-refractivity contribution >= 4 is 26.6 Å². The van der Waals surface area contributed by atoms with Gasteiger partial charge in [-0.25, -0.2) is 27.7 Å². The van der Waals surface area contributed by atoms with E-state index in [9.17, 15) is 26.8 Å². The molecule has 0 radical (unpaired) electrons. The number of halogens is 2. The number of benzene rings is 2. The van der Waals surface area contributed by atoms with Crippen LogP contribution in [0.15, 0.2) is 47.5 Å². The molecule has 164 valence electrons. The van der Waals surface area contributed by atoms with Crippen LogP contribution in [-0.4, -0.2) is 40.1 Å². The number of aromatic nitrogens is 2. The van der Waals surface area contributed by atoms with Crippen molar-refractivity contribution in [3.63, 3.8) is 0 Å². The van der Waals surface area contributed by atoms with Crippen LogP contribution in [0.5, 0.6) is 0 Å². The second-order valence-corrected chi connectivity index (χ2v) is 9.72. The largest absolute Gasteiger partial charge is 0.299 e. The predicted octanol–water partition coefficient (Wildman–Crippen LogP) is 2.04. The van der Waals surface area contributed by atoms with Crippen LogP contribution >= 0.6 is 0 Å². The molecule has 0 aliphatic carbocycles. The molecule has 0 fully saturated rings. The summed E-state index contributed by atoms with van der Waals surface area (Å²) in [6.07, 6.45) is 1.74. The van der Waals surface area contributed by atoms with Gasteiger partial charge in [-0.05, 0) is 37.1 Å². The summed E-state index contributed by atoms with van der Waals surface area (Å²) in [6, 6.07) is 8.07. The van der Waals surface area contributed by atoms with E-state index < -0.39 is 37.7 Å². The van der Waals surface area contributed by atoms with Gasteiger partial charge in [0.2, 0.25) is 0 Å². The van der Waals surface area contributed by atoms with Gasteiger partial charge in [0, 0.05) is 18.4 Å². The molecule has 3 aromatic rings. The van der Waals surface area contributed by atoms with Gasteiger partial charge in [0.25, 0.3) is 11.5 Å². The highest BCUT2D eigenvalue weighted by molar-refractivity contribution is 7.92. The molecule has 0 saturated carbocycles. The van der Waals surface area contributed by atoms with Gasteiger partial charge in [0.05, 0.1) is 17.2 Å². The summed E-state index contributed by atoms with van der Waals surface area (Å²) in [5, 5.41) is 9.07. The van der Waals surface area contributed by atoms with Crippen LogP contribution in [0.25, 0.3) is 22.0 Å². The van der Waals surface area contributed by atoms with Crippen molar-refractivity contribution in [3.8, 4) is 11.1 Å². The number of carbonyl (C=O) groups is 1. The van der Waals surface area contributed by atoms with E-state index in [2.05, 4.69) is 4.98 Å². The SMILES string of the molecule is C[C@@](CCn1cnc2cc(-c3cccc(F)c3F)ccc2c1=O)(C(=O)NO)S(C)(=O)=O. The zero-order valence-corrected chi connectivity index (χ0v) is 17.4. The minimum absolute atomic E-state index is 0.0202. The van der Waals surface area contributed by atoms with Crippen molar-refractivity contribution in [1.29, 1.82) is 0 Å². The van der Waals surface area contributed by atoms with Crippen LogP contribution in [0.4, 0.5) is 8.78 Å². The molecule has 8 nitrogen and oxygen atoms in total. The lowest BCUT2D eigenvalue weighted by Gasteiger charge is -2.25. The van der Waals surface area contributed by atoms with Crippen LogP contribution in [0, 0.1) is 11.6 Å². The number of fused-ring (bicyclic) bond motifs is 1. The average Bonchev–Trinajstić information content (AvgIpc) is 2.73. The highest BCUT2D eigenvalue weighted by Crippen LogP contribution is 2.26. The smallest absolute Gasteiger partial charge is 0.264 e. The van der Waals surface area contributed by atoms with Crippen LogP contribution in [-0.2, 0) is 21.2 Å². The second-order valence-electron chi connectivity index (χ2n) is 7.27. The fourth-order valence-corrected chi connectivity index (χ4v) is 3.98. The predicted molar refractivity (Wildman–Crippen MR) is 109 cm³/mol. The van der Waals surface area contributed by atoms with Crippen molar-refractivity contribution in [2.75, 3.05) is 6.26 Å². The fourth-order valence-electron chi connectivity index (χ4n) is 3.13. The Morgan fingerprint density at radius 3 is 2.61 bits per heavy atom. The number of amides is 1. The Morgan fingerprint density at radius 1 is 1.26 bits per heavy atom. The number of carbonyl (C=O) groups excluding carboxylic acids is 1. The van der Waals surface area contributed by atoms with Crippen LogP contribution in [0.1, 0.15) is 13.3 Å². The number of nitrogens with one attached hydrogen (secondary N) is 1. The molecular formula is C20H19F2N3O5S. The number of aryl methyl sites for hydroxylation is 1. The molecule has 0 aliphatic rings. The van der Waals surface area contributed by atoms with Gasteiger partial charge in [0.1, 0.15) is 0 Å². The Morgan fingerprint density at radius 2 is 1.97 bits per heavy atom. The molecule has 11 heteroatoms. The summed E-state index contributed by atoms with van der Waals surface area (Å²) in [5.41, 5.74) is 1.43. The zero-order valence-electron chi connectivity index (χ0n) is 16.6. The molecule has 0 spiro atoms. The molecule has 0 bridgehead atoms. The van der Waals surface area contributed by atoms with E-state index in [0.29, 0.717) is 5.56 Å². The number of rotatable bonds is 6. The van der Waals surface area contributed by atoms with E-state index in [1.165, 1.54) is 42.1 Å². The minimum Gasteiger partial charge on any atom is -0.299 e. The molecule has 3 rings (SSSR count). The van der Waals surface area contributed by atoms with Gasteiger partial charge < -0.3 is 0 Å². The quantitative estimate of drug-likeness (QED) is 0.437. The lowest BCUT2D eigenvalue weighted by atomic mass is 10.0. The highest BCUT2D eigenvalue weighted by Gasteiger charge is 2.43. The minimum atomic E-state index is -3.92. The van der Waals surface area contributed by atoms with E-state index in [0.717, 1.165) is 23.8 Å². The normalized spacial score (nSPS) is 13.7. The number of hydroxylamine groups is 1. The first-order valence-corrected chi connectivity index (χ1v) is 11.0. The molecule has 0 saturated heterocycles. The van der Waals surface area contributed by atoms with Crippen molar-refractivity contribution in [3.05, 3.63) is 64.7 Å². The standard InChI is InChI=1S/C20H19F2N3O5S/c1-20(19(27)24-28,31(2,29)30)8-9-25-11-23-16-10-12(6-7-14(16)18(25)26)13-4-3-5-15(21)17(13)22/h3-7,10-11,28H,8-9H2,1-2H3,(H,24,27)/t20-/m1/s1. The molecule has 0 unspecified atom stereocenters. The van der Waals surface area contributed by atoms with Crippen molar-refractivity contribution < 1.29 is 27.2 Å². The monoisotopic (exact) mass is 451 g/mol. The summed E-state index contributed by atoms with van der Waals surface area (Å²) in [7, 11) is -3.92. The molecule has 0 aliphatic heterocycles. The summed E-state index contributed by atoms with van der Waals surface area (Å²) in [5.74, 6) is -3.13. The second kappa shape index (κ2) is 8.16. The third-order valence-corrected chi connectivity index (χ3v) is 7.34. The Balaban J connectivity index is 1.98. The third-order valence-electron chi connectivity index (χ3n) is 5.32. The fraction of sp³-hybridized carbons (Fsp3) is 0.250. The van der Waals surface area contributed by atoms with E-state index in [1.54, 1.807) is 0 Å². The highest BCUT2D eigenvalue weighted by atomic mass is 32.2. The van der Waals surface area contributed by atoms with Gasteiger partial charge in [-0.15, -0.1) is 0 Å². The summed E-state index contributed by atoms with van der Waals surface area (Å²) in [4.78, 5) is 28.9. The van der Waals surface area contributed by atoms with Crippen LogP contribution < -0.4 is 11.0 Å². The zero-order chi connectivity index (χ0) is 23.0. The molecule has 31 heavy (non-hydrogen) atoms. The number of sulfone groups is 1. The lowest BCUT2D eigenvalue weighted by Crippen LogP contribution is -2.50. The van der Waals surface area contributed by atoms with Crippen LogP contribution in [0.2, 0.25) is 0 Å². The van der Waals surface area contributed by atoms with Crippen LogP contribution in [0.3, 0.4) is 0 Å². The van der Waals surface area contributed by atoms with Gasteiger partial charge in [-0.2, -0.15) is 0 Å². The molecular weight excluding hydrogens is 432 g/mol. The van der Waals surface area contributed by atoms with Crippen molar-refractivity contribution in [2.45, 2.75) is 24.6 Å². The molecule has 1 aromatic heterocycles. The summed E-state index contributed by atoms with van der Waals surface area (Å²) >= 11 is 0. The number of hydrogen-bond acceptors (Lipinski definition) is 6. The Bertz CT molecular complexity index is 1340. The van der Waals surface area contributed by atoms with Crippen molar-refractivity contribution in [1.82, 2.24) is 15.0 Å².